The van der Waals surface area contributed by atoms with Crippen LogP contribution in [0.3, 0.4) is 0 Å². The molecule has 2 aromatic carbocycles. The molecule has 0 radical (unpaired) electrons. The Bertz CT molecular complexity index is 1710. The number of hydrogen-bond acceptors (Lipinski definition) is 6. The van der Waals surface area contributed by atoms with Crippen LogP contribution < -0.4 is 4.74 Å². The molecule has 1 atom stereocenters. The lowest BCUT2D eigenvalue weighted by molar-refractivity contribution is -0.135. The molecule has 0 spiro atoms. The second-order valence-corrected chi connectivity index (χ2v) is 10.1. The van der Waals surface area contributed by atoms with Crippen LogP contribution in [-0.2, 0) is 11.2 Å². The molecule has 0 aliphatic carbocycles. The molecule has 1 aliphatic rings. The van der Waals surface area contributed by atoms with Gasteiger partial charge in [-0.25, -0.2) is 22.7 Å². The lowest BCUT2D eigenvalue weighted by atomic mass is 9.95. The lowest BCUT2D eigenvalue weighted by Gasteiger charge is -2.35. The van der Waals surface area contributed by atoms with Crippen LogP contribution in [-0.4, -0.2) is 43.5 Å². The molecule has 4 heterocycles. The molecule has 7 nitrogen and oxygen atoms in total. The van der Waals surface area contributed by atoms with Gasteiger partial charge in [0, 0.05) is 29.7 Å². The number of fused-ring (bicyclic) bond motifs is 4. The summed E-state index contributed by atoms with van der Waals surface area (Å²) in [7, 11) is 0. The highest BCUT2D eigenvalue weighted by Gasteiger charge is 2.38. The minimum absolute atomic E-state index is 0.0239. The van der Waals surface area contributed by atoms with Gasteiger partial charge in [0.1, 0.15) is 39.8 Å². The van der Waals surface area contributed by atoms with Gasteiger partial charge in [-0.15, -0.1) is 0 Å². The summed E-state index contributed by atoms with van der Waals surface area (Å²) in [5.41, 5.74) is 1.34. The summed E-state index contributed by atoms with van der Waals surface area (Å²) in [6, 6.07) is 6.74. The van der Waals surface area contributed by atoms with E-state index < -0.39 is 36.0 Å². The Morgan fingerprint density at radius 2 is 1.97 bits per heavy atom. The summed E-state index contributed by atoms with van der Waals surface area (Å²) in [6.45, 7) is 1.59. The Labute approximate surface area is 217 Å². The van der Waals surface area contributed by atoms with Gasteiger partial charge in [0.25, 0.3) is 5.91 Å². The highest BCUT2D eigenvalue weighted by molar-refractivity contribution is 7.16. The quantitative estimate of drug-likeness (QED) is 0.309. The van der Waals surface area contributed by atoms with Gasteiger partial charge >= 0.3 is 0 Å². The van der Waals surface area contributed by atoms with Gasteiger partial charge in [0.05, 0.1) is 16.8 Å². The van der Waals surface area contributed by atoms with Crippen molar-refractivity contribution in [2.45, 2.75) is 19.4 Å². The van der Waals surface area contributed by atoms with Crippen LogP contribution in [0.4, 0.5) is 13.2 Å². The average molecular weight is 544 g/mol. The van der Waals surface area contributed by atoms with E-state index in [1.54, 1.807) is 10.6 Å². The molecule has 37 heavy (non-hydrogen) atoms. The van der Waals surface area contributed by atoms with Crippen molar-refractivity contribution in [1.29, 1.82) is 0 Å². The van der Waals surface area contributed by atoms with Crippen molar-refractivity contribution in [3.63, 3.8) is 0 Å². The second-order valence-electron chi connectivity index (χ2n) is 8.52. The van der Waals surface area contributed by atoms with Crippen molar-refractivity contribution >= 4 is 44.7 Å². The number of imidazole rings is 1. The fourth-order valence-electron chi connectivity index (χ4n) is 4.68. The number of carbonyl (C=O) groups excluding carboxylic acids is 1. The van der Waals surface area contributed by atoms with Crippen LogP contribution in [0.2, 0.25) is 5.02 Å². The first-order valence-electron chi connectivity index (χ1n) is 11.3. The standard InChI is InChI=1S/C25H17ClF3N5O2S/c1-12-32-34-24-18(31-25(34)37-12)7-9-33(23(24)14-3-2-13(26)10-17(14)29)20(35)11-36-19-6-8-30-22-16(28)5-4-15(27)21(19)22/h2-6,8,10,23H,7,9,11H2,1H3. The number of hydrogen-bond donors (Lipinski definition) is 0. The van der Waals surface area contributed by atoms with E-state index in [2.05, 4.69) is 15.1 Å². The Hall–Kier alpha value is -3.70. The number of aromatic nitrogens is 4. The highest BCUT2D eigenvalue weighted by Crippen LogP contribution is 2.38. The lowest BCUT2D eigenvalue weighted by Crippen LogP contribution is -2.43. The first-order valence-corrected chi connectivity index (χ1v) is 12.5. The topological polar surface area (TPSA) is 72.6 Å². The Morgan fingerprint density at radius 1 is 1.16 bits per heavy atom. The monoisotopic (exact) mass is 543 g/mol. The zero-order valence-corrected chi connectivity index (χ0v) is 20.8. The van der Waals surface area contributed by atoms with Crippen LogP contribution in [0.5, 0.6) is 5.75 Å². The van der Waals surface area contributed by atoms with Crippen molar-refractivity contribution < 1.29 is 22.7 Å². The number of rotatable bonds is 4. The summed E-state index contributed by atoms with van der Waals surface area (Å²) in [6.07, 6.45) is 1.71. The third kappa shape index (κ3) is 3.98. The number of nitrogens with zero attached hydrogens (tertiary/aromatic N) is 5. The highest BCUT2D eigenvalue weighted by atomic mass is 35.5. The number of aryl methyl sites for hydroxylation is 1. The number of pyridine rings is 1. The summed E-state index contributed by atoms with van der Waals surface area (Å²) in [5.74, 6) is -2.52. The predicted molar refractivity (Wildman–Crippen MR) is 131 cm³/mol. The van der Waals surface area contributed by atoms with Gasteiger partial charge in [-0.1, -0.05) is 29.0 Å². The SMILES string of the molecule is Cc1nn2c3c(nc2s1)CCN(C(=O)COc1ccnc2c(F)ccc(F)c12)C3c1ccc(Cl)cc1F. The van der Waals surface area contributed by atoms with Gasteiger partial charge in [0.2, 0.25) is 4.96 Å². The van der Waals surface area contributed by atoms with Crippen LogP contribution in [0.1, 0.15) is 28.0 Å². The maximum atomic E-state index is 15.2. The van der Waals surface area contributed by atoms with Crippen LogP contribution in [0, 0.1) is 24.4 Å². The third-order valence-corrected chi connectivity index (χ3v) is 7.32. The Kier molecular flexibility index (Phi) is 5.76. The van der Waals surface area contributed by atoms with E-state index in [-0.39, 0.29) is 33.8 Å². The molecule has 1 amide bonds. The van der Waals surface area contributed by atoms with Gasteiger partial charge in [0.15, 0.2) is 6.61 Å². The fourth-order valence-corrected chi connectivity index (χ4v) is 5.60. The molecule has 188 valence electrons. The van der Waals surface area contributed by atoms with Gasteiger partial charge in [-0.2, -0.15) is 5.10 Å². The molecular weight excluding hydrogens is 527 g/mol. The zero-order valence-electron chi connectivity index (χ0n) is 19.2. The molecule has 0 fully saturated rings. The molecule has 3 aromatic heterocycles. The van der Waals surface area contributed by atoms with E-state index in [1.165, 1.54) is 40.6 Å². The summed E-state index contributed by atoms with van der Waals surface area (Å²) < 4.78 is 51.2. The second kappa shape index (κ2) is 9.00. The minimum atomic E-state index is -0.850. The normalized spacial score (nSPS) is 15.4. The van der Waals surface area contributed by atoms with Crippen molar-refractivity contribution in [2.75, 3.05) is 13.2 Å². The summed E-state index contributed by atoms with van der Waals surface area (Å²) in [5, 5.41) is 5.35. The van der Waals surface area contributed by atoms with E-state index in [0.717, 1.165) is 22.8 Å². The van der Waals surface area contributed by atoms with Crippen molar-refractivity contribution in [1.82, 2.24) is 24.5 Å². The van der Waals surface area contributed by atoms with E-state index >= 15 is 4.39 Å². The first-order chi connectivity index (χ1) is 17.8. The predicted octanol–water partition coefficient (Wildman–Crippen LogP) is 5.27. The van der Waals surface area contributed by atoms with Crippen molar-refractivity contribution in [3.05, 3.63) is 87.0 Å². The number of ether oxygens (including phenoxy) is 1. The van der Waals surface area contributed by atoms with Gasteiger partial charge in [-0.3, -0.25) is 9.78 Å². The smallest absolute Gasteiger partial charge is 0.261 e. The summed E-state index contributed by atoms with van der Waals surface area (Å²) >= 11 is 7.39. The molecule has 0 saturated carbocycles. The molecule has 0 bridgehead atoms. The molecular formula is C25H17ClF3N5O2S. The van der Waals surface area contributed by atoms with E-state index in [0.29, 0.717) is 17.1 Å². The van der Waals surface area contributed by atoms with Crippen molar-refractivity contribution in [3.8, 4) is 5.75 Å². The summed E-state index contributed by atoms with van der Waals surface area (Å²) in [4.78, 5) is 24.2. The molecule has 1 aliphatic heterocycles. The van der Waals surface area contributed by atoms with E-state index in [4.69, 9.17) is 16.3 Å². The average Bonchev–Trinajstić information content (AvgIpc) is 3.40. The third-order valence-electron chi connectivity index (χ3n) is 6.26. The molecule has 12 heteroatoms. The molecule has 0 saturated heterocycles. The molecule has 0 N–H and O–H groups in total. The van der Waals surface area contributed by atoms with Gasteiger partial charge < -0.3 is 9.64 Å². The molecule has 5 aromatic rings. The van der Waals surface area contributed by atoms with Gasteiger partial charge in [-0.05, 0) is 37.3 Å². The maximum Gasteiger partial charge on any atom is 0.261 e. The number of carbonyl (C=O) groups is 1. The zero-order chi connectivity index (χ0) is 25.8. The first kappa shape index (κ1) is 23.7. The van der Waals surface area contributed by atoms with Crippen LogP contribution in [0.25, 0.3) is 15.9 Å². The number of benzene rings is 2. The maximum absolute atomic E-state index is 15.2. The largest absolute Gasteiger partial charge is 0.483 e. The number of amides is 1. The minimum Gasteiger partial charge on any atom is -0.483 e. The Balaban J connectivity index is 1.38. The Morgan fingerprint density at radius 3 is 2.78 bits per heavy atom. The fraction of sp³-hybridized carbons (Fsp3) is 0.200. The van der Waals surface area contributed by atoms with E-state index in [1.807, 2.05) is 6.92 Å². The number of halogens is 4. The van der Waals surface area contributed by atoms with Crippen molar-refractivity contribution in [2.24, 2.45) is 0 Å². The van der Waals surface area contributed by atoms with Crippen LogP contribution >= 0.6 is 22.9 Å². The molecule has 1 unspecified atom stereocenters. The molecule has 6 rings (SSSR count). The van der Waals surface area contributed by atoms with E-state index in [9.17, 15) is 13.6 Å². The van der Waals surface area contributed by atoms with Crippen LogP contribution in [0.15, 0.2) is 42.6 Å².